The zero-order valence-electron chi connectivity index (χ0n) is 39.8. The minimum absolute atomic E-state index is 0. The summed E-state index contributed by atoms with van der Waals surface area (Å²) in [6.07, 6.45) is 1.64. The number of hydrogen-bond donors (Lipinski definition) is 1. The monoisotopic (exact) mass is 1010 g/mol. The molecular formula is C58H60N3OPt-. The van der Waals surface area contributed by atoms with Gasteiger partial charge in [0.05, 0.1) is 23.7 Å². The van der Waals surface area contributed by atoms with Crippen LogP contribution >= 0.6 is 0 Å². The van der Waals surface area contributed by atoms with Crippen LogP contribution in [0.2, 0.25) is 0 Å². The number of rotatable bonds is 6. The number of imidazole rings is 1. The molecule has 0 aliphatic rings. The standard InChI is InChI=1S/C58H60N3O.Pt/c1-55(2,3)42-26-27-50(46(34-42)38-22-17-14-18-23-38)61-51-25-19-24-45(52(51)60-54(61)47-35-44(57(7,8)9)36-48(53(47)62)58(10,11)12)40-30-41(32-43(31-40)56(4,5)6)49-33-39(28-29-59-49)37-20-15-13-16-21-37;/h13-29,31-36,62H,1-12H3;/q-1;/i28D;. The first-order chi connectivity index (χ1) is 29.6. The van der Waals surface area contributed by atoms with Crippen LogP contribution in [0, 0.1) is 6.07 Å². The molecule has 0 amide bonds. The summed E-state index contributed by atoms with van der Waals surface area (Å²) in [5, 5.41) is 12.5. The van der Waals surface area contributed by atoms with Gasteiger partial charge < -0.3 is 5.11 Å². The largest absolute Gasteiger partial charge is 0.507 e. The van der Waals surface area contributed by atoms with E-state index < -0.39 is 0 Å². The van der Waals surface area contributed by atoms with Crippen LogP contribution in [0.5, 0.6) is 5.75 Å². The third-order valence-electron chi connectivity index (χ3n) is 12.0. The van der Waals surface area contributed by atoms with Crippen LogP contribution in [-0.4, -0.2) is 19.6 Å². The molecular weight excluding hydrogens is 950 g/mol. The Morgan fingerprint density at radius 3 is 1.75 bits per heavy atom. The molecule has 0 atom stereocenters. The van der Waals surface area contributed by atoms with Crippen LogP contribution < -0.4 is 0 Å². The Morgan fingerprint density at radius 2 is 1.13 bits per heavy atom. The zero-order chi connectivity index (χ0) is 45.2. The molecule has 2 heterocycles. The van der Waals surface area contributed by atoms with E-state index in [1.165, 1.54) is 5.56 Å². The summed E-state index contributed by atoms with van der Waals surface area (Å²) in [6.45, 7) is 26.6. The Labute approximate surface area is 391 Å². The number of aromatic nitrogens is 3. The molecule has 324 valence electrons. The van der Waals surface area contributed by atoms with Crippen molar-refractivity contribution in [3.63, 3.8) is 0 Å². The summed E-state index contributed by atoms with van der Waals surface area (Å²) in [4.78, 5) is 10.5. The summed E-state index contributed by atoms with van der Waals surface area (Å²) in [6, 6.07) is 48.7. The molecule has 5 heteroatoms. The minimum Gasteiger partial charge on any atom is -0.507 e. The molecule has 6 aromatic carbocycles. The maximum Gasteiger partial charge on any atom is 0.148 e. The van der Waals surface area contributed by atoms with E-state index in [0.717, 1.165) is 78.0 Å². The van der Waals surface area contributed by atoms with E-state index in [1.807, 2.05) is 36.4 Å². The number of pyridine rings is 1. The maximum atomic E-state index is 12.5. The van der Waals surface area contributed by atoms with Crippen molar-refractivity contribution in [2.24, 2.45) is 0 Å². The van der Waals surface area contributed by atoms with Crippen LogP contribution in [0.4, 0.5) is 0 Å². The Hall–Kier alpha value is -5.57. The van der Waals surface area contributed by atoms with Crippen molar-refractivity contribution < 1.29 is 27.5 Å². The number of phenolic OH excluding ortho intramolecular Hbond substituents is 1. The maximum absolute atomic E-state index is 12.5. The molecule has 4 nitrogen and oxygen atoms in total. The molecule has 0 unspecified atom stereocenters. The number of nitrogens with zero attached hydrogens (tertiary/aromatic N) is 3. The molecule has 1 N–H and O–H groups in total. The molecule has 8 aromatic rings. The molecule has 0 saturated heterocycles. The molecule has 0 bridgehead atoms. The summed E-state index contributed by atoms with van der Waals surface area (Å²) in [7, 11) is 0. The zero-order valence-corrected chi connectivity index (χ0v) is 41.1. The van der Waals surface area contributed by atoms with E-state index in [4.69, 9.17) is 11.3 Å². The van der Waals surface area contributed by atoms with Gasteiger partial charge in [-0.25, -0.2) is 4.98 Å². The fraction of sp³-hybridized carbons (Fsp3) is 0.276. The molecule has 0 radical (unpaired) electrons. The Morgan fingerprint density at radius 1 is 0.540 bits per heavy atom. The van der Waals surface area contributed by atoms with Gasteiger partial charge in [-0.1, -0.05) is 185 Å². The SMILES string of the molecule is [2H]c1cnc(-c2[c-]c(-c3cccc4c3nc(-c3cc(C(C)(C)C)cc(C(C)(C)C)c3O)n4-c3ccc(C(C)(C)C)cc3-c3ccccc3)cc(C(C)(C)C)c2)cc1-c1ccccc1.[Pt]. The van der Waals surface area contributed by atoms with Gasteiger partial charge in [-0.2, -0.15) is 0 Å². The van der Waals surface area contributed by atoms with Gasteiger partial charge in [0.25, 0.3) is 0 Å². The fourth-order valence-electron chi connectivity index (χ4n) is 8.20. The summed E-state index contributed by atoms with van der Waals surface area (Å²) < 4.78 is 11.0. The van der Waals surface area contributed by atoms with Crippen molar-refractivity contribution in [1.29, 1.82) is 0 Å². The second kappa shape index (κ2) is 16.9. The van der Waals surface area contributed by atoms with E-state index in [0.29, 0.717) is 17.4 Å². The third kappa shape index (κ3) is 9.11. The van der Waals surface area contributed by atoms with Crippen LogP contribution in [0.1, 0.15) is 107 Å². The quantitative estimate of drug-likeness (QED) is 0.169. The minimum atomic E-state index is -0.336. The average Bonchev–Trinajstić information content (AvgIpc) is 3.62. The normalized spacial score (nSPS) is 12.6. The van der Waals surface area contributed by atoms with Crippen LogP contribution in [0.25, 0.3) is 72.7 Å². The van der Waals surface area contributed by atoms with E-state index in [1.54, 1.807) is 6.20 Å². The number of hydrogen-bond acceptors (Lipinski definition) is 3. The van der Waals surface area contributed by atoms with Gasteiger partial charge in [0.2, 0.25) is 0 Å². The van der Waals surface area contributed by atoms with Crippen molar-refractivity contribution in [1.82, 2.24) is 14.5 Å². The molecule has 0 aliphatic carbocycles. The topological polar surface area (TPSA) is 50.9 Å². The Balaban J connectivity index is 0.00000612. The van der Waals surface area contributed by atoms with Gasteiger partial charge in [0, 0.05) is 44.1 Å². The molecule has 2 aromatic heterocycles. The van der Waals surface area contributed by atoms with E-state index >= 15 is 0 Å². The van der Waals surface area contributed by atoms with E-state index in [2.05, 4.69) is 185 Å². The second-order valence-corrected chi connectivity index (χ2v) is 20.9. The van der Waals surface area contributed by atoms with E-state index in [9.17, 15) is 5.11 Å². The van der Waals surface area contributed by atoms with Gasteiger partial charge in [-0.3, -0.25) is 9.55 Å². The van der Waals surface area contributed by atoms with Crippen molar-refractivity contribution in [2.75, 3.05) is 0 Å². The number of phenols is 1. The van der Waals surface area contributed by atoms with Crippen LogP contribution in [0.15, 0.2) is 140 Å². The van der Waals surface area contributed by atoms with Gasteiger partial charge in [-0.05, 0) is 79.8 Å². The first-order valence-electron chi connectivity index (χ1n) is 22.3. The molecule has 0 spiro atoms. The summed E-state index contributed by atoms with van der Waals surface area (Å²) >= 11 is 0. The Kier molecular flexibility index (Phi) is 11.8. The van der Waals surface area contributed by atoms with Crippen molar-refractivity contribution in [3.8, 4) is 67.5 Å². The second-order valence-electron chi connectivity index (χ2n) is 20.9. The van der Waals surface area contributed by atoms with Crippen LogP contribution in [-0.2, 0) is 42.7 Å². The Bertz CT molecular complexity index is 2990. The fourth-order valence-corrected chi connectivity index (χ4v) is 8.20. The van der Waals surface area contributed by atoms with Gasteiger partial charge in [-0.15, -0.1) is 29.3 Å². The predicted octanol–water partition coefficient (Wildman–Crippen LogP) is 15.4. The van der Waals surface area contributed by atoms with Gasteiger partial charge in [0.1, 0.15) is 11.6 Å². The molecule has 63 heavy (non-hydrogen) atoms. The number of benzene rings is 6. The van der Waals surface area contributed by atoms with Crippen molar-refractivity contribution in [3.05, 3.63) is 168 Å². The van der Waals surface area contributed by atoms with Crippen molar-refractivity contribution in [2.45, 2.75) is 105 Å². The molecule has 8 rings (SSSR count). The summed E-state index contributed by atoms with van der Waals surface area (Å²) in [5.74, 6) is 0.905. The van der Waals surface area contributed by atoms with Gasteiger partial charge >= 0.3 is 0 Å². The number of aromatic hydroxyl groups is 1. The summed E-state index contributed by atoms with van der Waals surface area (Å²) in [5.41, 5.74) is 14.3. The third-order valence-corrected chi connectivity index (χ3v) is 12.0. The number of fused-ring (bicyclic) bond motifs is 1. The smallest absolute Gasteiger partial charge is 0.148 e. The number of para-hydroxylation sites is 1. The molecule has 0 saturated carbocycles. The molecule has 0 aliphatic heterocycles. The van der Waals surface area contributed by atoms with Crippen LogP contribution in [0.3, 0.4) is 0 Å². The van der Waals surface area contributed by atoms with Crippen molar-refractivity contribution >= 4 is 11.0 Å². The predicted molar refractivity (Wildman–Crippen MR) is 261 cm³/mol. The van der Waals surface area contributed by atoms with E-state index in [-0.39, 0.29) is 48.5 Å². The molecule has 0 fully saturated rings. The first kappa shape index (κ1) is 44.1. The van der Waals surface area contributed by atoms with Gasteiger partial charge in [0.15, 0.2) is 0 Å². The average molecular weight is 1010 g/mol. The first-order valence-corrected chi connectivity index (χ1v) is 21.8.